The number of benzene rings is 1. The molecule has 1 aliphatic heterocycles. The normalized spacial score (nSPS) is 17.6. The maximum absolute atomic E-state index is 12.9. The van der Waals surface area contributed by atoms with Crippen molar-refractivity contribution >= 4 is 21.6 Å². The predicted molar refractivity (Wildman–Crippen MR) is 104 cm³/mol. The number of nitrogens with zero attached hydrogens (tertiary/aromatic N) is 1. The zero-order chi connectivity index (χ0) is 19.6. The molecule has 0 aliphatic carbocycles. The number of H-pyrrole nitrogens is 1. The van der Waals surface area contributed by atoms with Gasteiger partial charge in [-0.1, -0.05) is 18.2 Å². The molecule has 7 nitrogen and oxygen atoms in total. The molecule has 1 aromatic heterocycles. The molecule has 2 heterocycles. The lowest BCUT2D eigenvalue weighted by atomic mass is 10.1. The van der Waals surface area contributed by atoms with Crippen LogP contribution in [0, 0.1) is 13.8 Å². The van der Waals surface area contributed by atoms with Gasteiger partial charge in [-0.25, -0.2) is 8.42 Å². The molecule has 8 heteroatoms. The number of anilines is 1. The van der Waals surface area contributed by atoms with Crippen molar-refractivity contribution < 1.29 is 13.2 Å². The summed E-state index contributed by atoms with van der Waals surface area (Å²) in [5, 5.41) is -0.722. The maximum Gasteiger partial charge on any atom is 0.261 e. The third-order valence-corrected chi connectivity index (χ3v) is 6.50. The Morgan fingerprint density at radius 3 is 2.59 bits per heavy atom. The van der Waals surface area contributed by atoms with Gasteiger partial charge < -0.3 is 9.88 Å². The van der Waals surface area contributed by atoms with Crippen LogP contribution in [0.5, 0.6) is 0 Å². The summed E-state index contributed by atoms with van der Waals surface area (Å²) in [6, 6.07) is 10.4. The van der Waals surface area contributed by atoms with E-state index in [0.717, 1.165) is 0 Å². The van der Waals surface area contributed by atoms with Crippen molar-refractivity contribution in [1.29, 1.82) is 0 Å². The molecule has 0 radical (unpaired) electrons. The standard InChI is InChI=1S/C19H23N3O4S/c1-13-11-14(2)20-18(23)17(13)19(24)22-10-6-9-16(12-22)27(25,26)21-15-7-4-3-5-8-15/h3-5,7-8,11,16,21H,6,9-10,12H2,1-2H3,(H,20,23)/t16-/m0/s1. The topological polar surface area (TPSA) is 99.3 Å². The minimum absolute atomic E-state index is 0.0633. The van der Waals surface area contributed by atoms with Crippen LogP contribution in [-0.2, 0) is 10.0 Å². The Balaban J connectivity index is 1.80. The Morgan fingerprint density at radius 1 is 1.22 bits per heavy atom. The third-order valence-electron chi connectivity index (χ3n) is 4.72. The van der Waals surface area contributed by atoms with Crippen molar-refractivity contribution in [3.05, 3.63) is 63.6 Å². The van der Waals surface area contributed by atoms with Crippen LogP contribution in [0.3, 0.4) is 0 Å². The van der Waals surface area contributed by atoms with Crippen molar-refractivity contribution in [2.45, 2.75) is 31.9 Å². The molecule has 144 valence electrons. The van der Waals surface area contributed by atoms with Crippen molar-refractivity contribution in [2.24, 2.45) is 0 Å². The van der Waals surface area contributed by atoms with E-state index in [-0.39, 0.29) is 12.1 Å². The molecule has 1 amide bonds. The van der Waals surface area contributed by atoms with Crippen molar-refractivity contribution in [3.8, 4) is 0 Å². The largest absolute Gasteiger partial charge is 0.337 e. The van der Waals surface area contributed by atoms with Gasteiger partial charge in [-0.15, -0.1) is 0 Å². The first-order valence-electron chi connectivity index (χ1n) is 8.84. The number of piperidine rings is 1. The quantitative estimate of drug-likeness (QED) is 0.836. The van der Waals surface area contributed by atoms with E-state index in [4.69, 9.17) is 0 Å². The summed E-state index contributed by atoms with van der Waals surface area (Å²) in [4.78, 5) is 29.2. The highest BCUT2D eigenvalue weighted by atomic mass is 32.2. The minimum Gasteiger partial charge on any atom is -0.337 e. The second kappa shape index (κ2) is 7.56. The average molecular weight is 389 g/mol. The van der Waals surface area contributed by atoms with Gasteiger partial charge in [-0.3, -0.25) is 14.3 Å². The molecule has 27 heavy (non-hydrogen) atoms. The number of carbonyl (C=O) groups is 1. The third kappa shape index (κ3) is 4.21. The highest BCUT2D eigenvalue weighted by Crippen LogP contribution is 2.21. The number of pyridine rings is 1. The van der Waals surface area contributed by atoms with Gasteiger partial charge >= 0.3 is 0 Å². The SMILES string of the molecule is Cc1cc(C)c(C(=O)N2CCC[C@H](S(=O)(=O)Nc3ccccc3)C2)c(=O)[nH]1. The zero-order valence-electron chi connectivity index (χ0n) is 15.4. The Kier molecular flexibility index (Phi) is 5.36. The molecule has 1 aliphatic rings. The summed E-state index contributed by atoms with van der Waals surface area (Å²) in [6.45, 7) is 3.96. The first-order chi connectivity index (χ1) is 12.8. The van der Waals surface area contributed by atoms with E-state index in [9.17, 15) is 18.0 Å². The number of likely N-dealkylation sites (tertiary alicyclic amines) is 1. The van der Waals surface area contributed by atoms with E-state index in [1.807, 2.05) is 0 Å². The van der Waals surface area contributed by atoms with E-state index in [0.29, 0.717) is 36.3 Å². The van der Waals surface area contributed by atoms with Crippen LogP contribution in [-0.4, -0.2) is 42.5 Å². The Hall–Kier alpha value is -2.61. The molecule has 0 unspecified atom stereocenters. The van der Waals surface area contributed by atoms with Crippen LogP contribution in [0.25, 0.3) is 0 Å². The number of aryl methyl sites for hydroxylation is 2. The Labute approximate surface area is 158 Å². The molecule has 2 aromatic rings. The molecule has 1 aromatic carbocycles. The van der Waals surface area contributed by atoms with E-state index < -0.39 is 26.7 Å². The molecule has 1 fully saturated rings. The molecule has 2 N–H and O–H groups in total. The summed E-state index contributed by atoms with van der Waals surface area (Å²) >= 11 is 0. The van der Waals surface area contributed by atoms with Crippen molar-refractivity contribution in [1.82, 2.24) is 9.88 Å². The smallest absolute Gasteiger partial charge is 0.261 e. The fourth-order valence-electron chi connectivity index (χ4n) is 3.41. The van der Waals surface area contributed by atoms with Gasteiger partial charge in [0.1, 0.15) is 5.56 Å². The second-order valence-corrected chi connectivity index (χ2v) is 8.83. The number of carbonyl (C=O) groups excluding carboxylic acids is 1. The summed E-state index contributed by atoms with van der Waals surface area (Å²) in [7, 11) is -3.64. The summed E-state index contributed by atoms with van der Waals surface area (Å²) in [6.07, 6.45) is 1.03. The molecular weight excluding hydrogens is 366 g/mol. The Morgan fingerprint density at radius 2 is 1.93 bits per heavy atom. The van der Waals surface area contributed by atoms with E-state index in [2.05, 4.69) is 9.71 Å². The van der Waals surface area contributed by atoms with Crippen LogP contribution < -0.4 is 10.3 Å². The molecule has 1 atom stereocenters. The van der Waals surface area contributed by atoms with Crippen molar-refractivity contribution in [2.75, 3.05) is 17.8 Å². The minimum atomic E-state index is -3.64. The lowest BCUT2D eigenvalue weighted by Gasteiger charge is -2.32. The summed E-state index contributed by atoms with van der Waals surface area (Å²) in [5.41, 5.74) is 1.40. The van der Waals surface area contributed by atoms with Crippen LogP contribution in [0.15, 0.2) is 41.2 Å². The lowest BCUT2D eigenvalue weighted by molar-refractivity contribution is 0.0724. The lowest BCUT2D eigenvalue weighted by Crippen LogP contribution is -2.47. The summed E-state index contributed by atoms with van der Waals surface area (Å²) in [5.74, 6) is -0.423. The van der Waals surface area contributed by atoms with Crippen LogP contribution in [0.4, 0.5) is 5.69 Å². The fraction of sp³-hybridized carbons (Fsp3) is 0.368. The zero-order valence-corrected chi connectivity index (χ0v) is 16.2. The van der Waals surface area contributed by atoms with Gasteiger partial charge in [0, 0.05) is 24.5 Å². The number of hydrogen-bond donors (Lipinski definition) is 2. The Bertz CT molecular complexity index is 999. The van der Waals surface area contributed by atoms with Crippen molar-refractivity contribution in [3.63, 3.8) is 0 Å². The van der Waals surface area contributed by atoms with Gasteiger partial charge in [0.15, 0.2) is 0 Å². The van der Waals surface area contributed by atoms with Gasteiger partial charge in [0.25, 0.3) is 11.5 Å². The number of nitrogens with one attached hydrogen (secondary N) is 2. The number of amides is 1. The summed E-state index contributed by atoms with van der Waals surface area (Å²) < 4.78 is 28.0. The van der Waals surface area contributed by atoms with E-state index in [1.54, 1.807) is 50.2 Å². The highest BCUT2D eigenvalue weighted by molar-refractivity contribution is 7.93. The van der Waals surface area contributed by atoms with Crippen LogP contribution in [0.1, 0.15) is 34.5 Å². The second-order valence-electron chi connectivity index (χ2n) is 6.87. The first kappa shape index (κ1) is 19.2. The van der Waals surface area contributed by atoms with Gasteiger partial charge in [-0.2, -0.15) is 0 Å². The van der Waals surface area contributed by atoms with Crippen LogP contribution >= 0.6 is 0 Å². The molecule has 0 spiro atoms. The number of hydrogen-bond acceptors (Lipinski definition) is 4. The molecule has 3 rings (SSSR count). The average Bonchev–Trinajstić information content (AvgIpc) is 2.61. The predicted octanol–water partition coefficient (Wildman–Crippen LogP) is 2.04. The van der Waals surface area contributed by atoms with Gasteiger partial charge in [-0.05, 0) is 50.5 Å². The molecule has 0 saturated carbocycles. The number of para-hydroxylation sites is 1. The number of sulfonamides is 1. The van der Waals surface area contributed by atoms with Gasteiger partial charge in [0.2, 0.25) is 10.0 Å². The monoisotopic (exact) mass is 389 g/mol. The van der Waals surface area contributed by atoms with Gasteiger partial charge in [0.05, 0.1) is 5.25 Å². The first-order valence-corrected chi connectivity index (χ1v) is 10.4. The number of aromatic amines is 1. The molecule has 1 saturated heterocycles. The maximum atomic E-state index is 12.9. The molecular formula is C19H23N3O4S. The number of aromatic nitrogens is 1. The molecule has 0 bridgehead atoms. The fourth-order valence-corrected chi connectivity index (χ4v) is 4.89. The highest BCUT2D eigenvalue weighted by Gasteiger charge is 2.34. The number of rotatable bonds is 4. The van der Waals surface area contributed by atoms with E-state index >= 15 is 0 Å². The van der Waals surface area contributed by atoms with Crippen LogP contribution in [0.2, 0.25) is 0 Å². The van der Waals surface area contributed by atoms with E-state index in [1.165, 1.54) is 4.90 Å².